The molecule has 4 heterocycles. The van der Waals surface area contributed by atoms with Crippen molar-refractivity contribution in [3.05, 3.63) is 62.5 Å². The molecule has 1 aromatic carbocycles. The van der Waals surface area contributed by atoms with Gasteiger partial charge in [0.05, 0.1) is 16.6 Å². The third kappa shape index (κ3) is 4.46. The maximum Gasteiger partial charge on any atom is 0.335 e. The molecule has 2 N–H and O–H groups in total. The predicted molar refractivity (Wildman–Crippen MR) is 135 cm³/mol. The van der Waals surface area contributed by atoms with Crippen LogP contribution in [0.4, 0.5) is 9.18 Å². The summed E-state index contributed by atoms with van der Waals surface area (Å²) in [5.41, 5.74) is 0.740. The lowest BCUT2D eigenvalue weighted by atomic mass is 9.95. The van der Waals surface area contributed by atoms with Gasteiger partial charge < -0.3 is 20.2 Å². The first kappa shape index (κ1) is 24.7. The number of halogens is 2. The number of nitrogens with zero attached hydrogens (tertiary/aromatic N) is 5. The van der Waals surface area contributed by atoms with Gasteiger partial charge in [0.25, 0.3) is 0 Å². The largest absolute Gasteiger partial charge is 0.478 e. The third-order valence-electron chi connectivity index (χ3n) is 6.74. The summed E-state index contributed by atoms with van der Waals surface area (Å²) in [7, 11) is 0. The van der Waals surface area contributed by atoms with Crippen LogP contribution in [0.2, 0.25) is 5.02 Å². The van der Waals surface area contributed by atoms with Crippen LogP contribution in [-0.4, -0.2) is 87.4 Å². The molecule has 3 aliphatic rings. The number of rotatable bonds is 6. The Morgan fingerprint density at radius 1 is 1.33 bits per heavy atom. The number of piperazine rings is 1. The fourth-order valence-corrected chi connectivity index (χ4v) is 5.79. The molecule has 3 aliphatic heterocycles. The van der Waals surface area contributed by atoms with E-state index in [-0.39, 0.29) is 34.3 Å². The molecule has 9 nitrogen and oxygen atoms in total. The minimum atomic E-state index is -1.16. The van der Waals surface area contributed by atoms with Crippen molar-refractivity contribution >= 4 is 40.8 Å². The van der Waals surface area contributed by atoms with E-state index < -0.39 is 17.8 Å². The number of urea groups is 1. The van der Waals surface area contributed by atoms with Gasteiger partial charge in [0, 0.05) is 61.6 Å². The number of hydrogen-bond acceptors (Lipinski definition) is 7. The number of benzene rings is 1. The number of carboxylic acid groups (broad SMARTS) is 1. The number of nitrogens with one attached hydrogen (secondary N) is 1. The summed E-state index contributed by atoms with van der Waals surface area (Å²) in [5.74, 6) is -1.39. The highest BCUT2D eigenvalue weighted by Crippen LogP contribution is 2.37. The van der Waals surface area contributed by atoms with E-state index in [0.29, 0.717) is 49.3 Å². The van der Waals surface area contributed by atoms with Crippen LogP contribution >= 0.6 is 22.9 Å². The second-order valence-corrected chi connectivity index (χ2v) is 10.6. The van der Waals surface area contributed by atoms with E-state index in [1.165, 1.54) is 23.5 Å². The maximum absolute atomic E-state index is 14.3. The zero-order valence-electron chi connectivity index (χ0n) is 19.8. The average Bonchev–Trinajstić information content (AvgIpc) is 3.49. The number of carboxylic acids is 1. The summed E-state index contributed by atoms with van der Waals surface area (Å²) in [6.45, 7) is 6.72. The molecular formula is C24H26ClFN6O3S. The van der Waals surface area contributed by atoms with Crippen molar-refractivity contribution in [3.63, 3.8) is 0 Å². The van der Waals surface area contributed by atoms with Crippen LogP contribution in [0.1, 0.15) is 30.5 Å². The van der Waals surface area contributed by atoms with Crippen LogP contribution in [0.3, 0.4) is 0 Å². The van der Waals surface area contributed by atoms with E-state index >= 15 is 0 Å². The second-order valence-electron chi connectivity index (χ2n) is 9.29. The Bertz CT molecular complexity index is 1250. The number of amides is 2. The highest BCUT2D eigenvalue weighted by molar-refractivity contribution is 7.11. The summed E-state index contributed by atoms with van der Waals surface area (Å²) in [6.07, 6.45) is 1.64. The molecule has 0 unspecified atom stereocenters. The number of amidine groups is 1. The fraction of sp³-hybridized carbons (Fsp3) is 0.417. The van der Waals surface area contributed by atoms with Gasteiger partial charge in [0.1, 0.15) is 11.9 Å². The first-order valence-electron chi connectivity index (χ1n) is 11.7. The Morgan fingerprint density at radius 3 is 2.83 bits per heavy atom. The lowest BCUT2D eigenvalue weighted by molar-refractivity contribution is -0.133. The normalized spacial score (nSPS) is 22.7. The minimum absolute atomic E-state index is 0.0107. The number of aliphatic imine (C=N–C) groups is 1. The Labute approximate surface area is 216 Å². The van der Waals surface area contributed by atoms with Crippen LogP contribution in [-0.2, 0) is 4.79 Å². The van der Waals surface area contributed by atoms with Crippen LogP contribution in [0, 0.1) is 5.82 Å². The first-order valence-corrected chi connectivity index (χ1v) is 12.9. The molecule has 2 atom stereocenters. The molecule has 2 fully saturated rings. The highest BCUT2D eigenvalue weighted by Gasteiger charge is 2.42. The van der Waals surface area contributed by atoms with Gasteiger partial charge >= 0.3 is 12.0 Å². The number of carbonyl (C=O) groups excluding carboxylic acids is 1. The molecule has 2 aromatic rings. The zero-order valence-corrected chi connectivity index (χ0v) is 21.4. The molecule has 5 rings (SSSR count). The summed E-state index contributed by atoms with van der Waals surface area (Å²) >= 11 is 7.64. The van der Waals surface area contributed by atoms with Gasteiger partial charge in [-0.3, -0.25) is 9.89 Å². The lowest BCUT2D eigenvalue weighted by Crippen LogP contribution is -2.53. The number of thiazole rings is 1. The Kier molecular flexibility index (Phi) is 6.71. The van der Waals surface area contributed by atoms with Crippen molar-refractivity contribution in [3.8, 4) is 0 Å². The Balaban J connectivity index is 1.48. The monoisotopic (exact) mass is 532 g/mol. The summed E-state index contributed by atoms with van der Waals surface area (Å²) in [5, 5.41) is 15.7. The first-order chi connectivity index (χ1) is 17.2. The van der Waals surface area contributed by atoms with Gasteiger partial charge in [0.15, 0.2) is 10.8 Å². The van der Waals surface area contributed by atoms with E-state index in [4.69, 9.17) is 11.6 Å². The molecule has 0 aliphatic carbocycles. The van der Waals surface area contributed by atoms with E-state index in [1.54, 1.807) is 17.6 Å². The SMILES string of the molecule is CC(C)N1C[C@@H]2CN(CC3=C(C(=O)O)[C@H](c4cccc(F)c4Cl)N=C(c4nccs4)N3)CCN2C1=O. The molecule has 1 aromatic heterocycles. The highest BCUT2D eigenvalue weighted by atomic mass is 35.5. The van der Waals surface area contributed by atoms with E-state index in [9.17, 15) is 19.1 Å². The third-order valence-corrected chi connectivity index (χ3v) is 7.92. The summed E-state index contributed by atoms with van der Waals surface area (Å²) in [4.78, 5) is 40.1. The molecule has 2 amide bonds. The molecule has 2 saturated heterocycles. The summed E-state index contributed by atoms with van der Waals surface area (Å²) in [6, 6.07) is 3.51. The van der Waals surface area contributed by atoms with E-state index in [2.05, 4.69) is 20.2 Å². The molecule has 0 radical (unpaired) electrons. The van der Waals surface area contributed by atoms with E-state index in [0.717, 1.165) is 0 Å². The molecule has 0 saturated carbocycles. The quantitative estimate of drug-likeness (QED) is 0.592. The van der Waals surface area contributed by atoms with Gasteiger partial charge in [-0.15, -0.1) is 11.3 Å². The van der Waals surface area contributed by atoms with E-state index in [1.807, 2.05) is 23.6 Å². The van der Waals surface area contributed by atoms with Crippen LogP contribution in [0.25, 0.3) is 0 Å². The lowest BCUT2D eigenvalue weighted by Gasteiger charge is -2.38. The second kappa shape index (κ2) is 9.79. The summed E-state index contributed by atoms with van der Waals surface area (Å²) < 4.78 is 14.3. The molecule has 12 heteroatoms. The smallest absolute Gasteiger partial charge is 0.335 e. The van der Waals surface area contributed by atoms with Crippen LogP contribution < -0.4 is 5.32 Å². The Hall–Kier alpha value is -3.02. The number of hydrogen-bond donors (Lipinski definition) is 2. The van der Waals surface area contributed by atoms with Crippen LogP contribution in [0.15, 0.2) is 46.0 Å². The van der Waals surface area contributed by atoms with Crippen molar-refractivity contribution in [1.29, 1.82) is 0 Å². The van der Waals surface area contributed by atoms with Gasteiger partial charge in [-0.1, -0.05) is 23.7 Å². The fourth-order valence-electron chi connectivity index (χ4n) is 4.97. The van der Waals surface area contributed by atoms with Crippen LogP contribution in [0.5, 0.6) is 0 Å². The number of fused-ring (bicyclic) bond motifs is 1. The van der Waals surface area contributed by atoms with Gasteiger partial charge in [0.2, 0.25) is 0 Å². The number of aromatic nitrogens is 1. The van der Waals surface area contributed by atoms with Gasteiger partial charge in [-0.25, -0.2) is 19.0 Å². The number of carbonyl (C=O) groups is 2. The standard InChI is InChI=1S/C24H26ClFN6O3S/c1-13(2)32-11-14-10-30(7-8-31(14)24(32)35)12-17-18(23(33)34)20(15-4-3-5-16(26)19(15)25)29-21(28-17)22-27-6-9-36-22/h3-6,9,13-14,20H,7-8,10-12H2,1-2H3,(H,28,29)(H,33,34)/t14-,20-/m0/s1. The topological polar surface area (TPSA) is 101 Å². The molecule has 190 valence electrons. The van der Waals surface area contributed by atoms with Gasteiger partial charge in [-0.05, 0) is 19.9 Å². The Morgan fingerprint density at radius 2 is 2.14 bits per heavy atom. The minimum Gasteiger partial charge on any atom is -0.478 e. The van der Waals surface area contributed by atoms with Gasteiger partial charge in [-0.2, -0.15) is 0 Å². The van der Waals surface area contributed by atoms with Crippen molar-refractivity contribution in [2.45, 2.75) is 32.0 Å². The maximum atomic E-state index is 14.3. The molecule has 36 heavy (non-hydrogen) atoms. The van der Waals surface area contributed by atoms with Crippen molar-refractivity contribution in [1.82, 2.24) is 25.0 Å². The number of aliphatic carboxylic acids is 1. The van der Waals surface area contributed by atoms with Crippen molar-refractivity contribution < 1.29 is 19.1 Å². The van der Waals surface area contributed by atoms with Crippen molar-refractivity contribution in [2.75, 3.05) is 32.7 Å². The molecule has 0 spiro atoms. The molecule has 0 bridgehead atoms. The average molecular weight is 533 g/mol. The van der Waals surface area contributed by atoms with Crippen molar-refractivity contribution in [2.24, 2.45) is 4.99 Å². The predicted octanol–water partition coefficient (Wildman–Crippen LogP) is 3.20. The molecular weight excluding hydrogens is 507 g/mol. The zero-order chi connectivity index (χ0) is 25.6.